The van der Waals surface area contributed by atoms with E-state index in [4.69, 9.17) is 9.66 Å². The summed E-state index contributed by atoms with van der Waals surface area (Å²) in [5.41, 5.74) is 0. The lowest BCUT2D eigenvalue weighted by atomic mass is 10.4. The van der Waals surface area contributed by atoms with Crippen LogP contribution in [0, 0.1) is 0 Å². The van der Waals surface area contributed by atoms with Crippen LogP contribution in [0.2, 0.25) is 0 Å². The summed E-state index contributed by atoms with van der Waals surface area (Å²) >= 11 is 0. The molecule has 10 heavy (non-hydrogen) atoms. The van der Waals surface area contributed by atoms with E-state index in [1.54, 1.807) is 0 Å². The lowest BCUT2D eigenvalue weighted by molar-refractivity contribution is -0.137. The Hall–Kier alpha value is 0.360. The Bertz CT molecular complexity index is 85.8. The fraction of sp³-hybridized carbons (Fsp3) is 0.750. The zero-order valence-electron chi connectivity index (χ0n) is 5.34. The predicted molar refractivity (Wildman–Crippen MR) is 42.4 cm³/mol. The molecule has 0 aliphatic carbocycles. The monoisotopic (exact) mass is 206 g/mol. The topological polar surface area (TPSA) is 60.4 Å². The summed E-state index contributed by atoms with van der Waals surface area (Å²) in [5, 5.41) is 7.91. The van der Waals surface area contributed by atoms with E-state index in [0.29, 0.717) is 6.42 Å². The number of hydrogen-bond donors (Lipinski definition) is 1. The molecule has 0 aromatic carbocycles. The van der Waals surface area contributed by atoms with Gasteiger partial charge in [-0.2, -0.15) is 0 Å². The van der Waals surface area contributed by atoms with Crippen LogP contribution in [-0.2, 0) is 14.4 Å². The number of carboxylic acid groups (broad SMARTS) is 1. The van der Waals surface area contributed by atoms with E-state index >= 15 is 0 Å². The number of halogens is 2. The summed E-state index contributed by atoms with van der Waals surface area (Å²) in [6.45, 7) is 1.84. The fourth-order valence-corrected chi connectivity index (χ4v) is 0.214. The minimum Gasteiger partial charge on any atom is -0.582 e. The third kappa shape index (κ3) is 40.1. The average Bonchev–Trinajstić information content (AvgIpc) is 1.62. The molecule has 0 saturated heterocycles. The van der Waals surface area contributed by atoms with Gasteiger partial charge in [-0.25, -0.2) is 0 Å². The second kappa shape index (κ2) is 9.36. The van der Waals surface area contributed by atoms with E-state index in [0.717, 1.165) is 6.42 Å². The Morgan fingerprint density at radius 3 is 2.00 bits per heavy atom. The normalized spacial score (nSPS) is 8.50. The quantitative estimate of drug-likeness (QED) is 0.703. The molecule has 0 fully saturated rings. The molecule has 62 valence electrons. The minimum absolute atomic E-state index is 0.292. The van der Waals surface area contributed by atoms with Crippen LogP contribution in [0.1, 0.15) is 19.8 Å². The second-order valence-corrected chi connectivity index (χ2v) is 3.85. The molecule has 0 rings (SSSR count). The number of carboxylic acids is 1. The number of aliphatic carboxylic acids is 1. The molecular weight excluding hydrogens is 199 g/mol. The van der Waals surface area contributed by atoms with Gasteiger partial charge < -0.3 is 9.66 Å². The molecular formula is C4H8Cl2O3S. The third-order valence-corrected chi connectivity index (χ3v) is 0.464. The molecule has 0 saturated carbocycles. The molecule has 0 radical (unpaired) electrons. The van der Waals surface area contributed by atoms with Gasteiger partial charge in [-0.1, -0.05) is 6.92 Å². The highest BCUT2D eigenvalue weighted by Crippen LogP contribution is 1.98. The van der Waals surface area contributed by atoms with Gasteiger partial charge >= 0.3 is 5.97 Å². The first-order valence-electron chi connectivity index (χ1n) is 2.46. The van der Waals surface area contributed by atoms with Crippen molar-refractivity contribution in [1.29, 1.82) is 0 Å². The average molecular weight is 207 g/mol. The van der Waals surface area contributed by atoms with Gasteiger partial charge in [0, 0.05) is 6.42 Å². The van der Waals surface area contributed by atoms with Crippen molar-refractivity contribution in [3.8, 4) is 0 Å². The minimum atomic E-state index is -1.67. The van der Waals surface area contributed by atoms with E-state index < -0.39 is 15.6 Å². The van der Waals surface area contributed by atoms with Crippen molar-refractivity contribution in [3.05, 3.63) is 0 Å². The van der Waals surface area contributed by atoms with Crippen LogP contribution in [0.15, 0.2) is 0 Å². The smallest absolute Gasteiger partial charge is 0.303 e. The van der Waals surface area contributed by atoms with Crippen LogP contribution >= 0.6 is 21.4 Å². The molecule has 0 atom stereocenters. The van der Waals surface area contributed by atoms with E-state index in [9.17, 15) is 4.79 Å². The molecule has 0 spiro atoms. The van der Waals surface area contributed by atoms with Gasteiger partial charge in [-0.3, -0.25) is 4.79 Å². The summed E-state index contributed by atoms with van der Waals surface area (Å²) in [7, 11) is 7.36. The molecule has 0 amide bonds. The first-order valence-corrected chi connectivity index (χ1v) is 5.27. The van der Waals surface area contributed by atoms with Crippen LogP contribution in [-0.4, -0.2) is 15.6 Å². The van der Waals surface area contributed by atoms with Crippen molar-refractivity contribution >= 4 is 36.9 Å². The molecule has 0 aromatic rings. The highest BCUT2D eigenvalue weighted by molar-refractivity contribution is 8.31. The van der Waals surface area contributed by atoms with Gasteiger partial charge in [-0.05, 0) is 6.42 Å². The molecule has 0 bridgehead atoms. The van der Waals surface area contributed by atoms with Crippen LogP contribution in [0.4, 0.5) is 0 Å². The maximum atomic E-state index is 9.60. The summed E-state index contributed by atoms with van der Waals surface area (Å²) in [6, 6.07) is 0. The number of carbonyl (C=O) groups is 1. The lowest BCUT2D eigenvalue weighted by Gasteiger charge is -1.79. The van der Waals surface area contributed by atoms with Crippen molar-refractivity contribution in [2.45, 2.75) is 19.8 Å². The van der Waals surface area contributed by atoms with Crippen LogP contribution < -0.4 is 0 Å². The first-order chi connectivity index (χ1) is 4.50. The summed E-state index contributed by atoms with van der Waals surface area (Å²) in [5.74, 6) is -0.711. The van der Waals surface area contributed by atoms with Crippen molar-refractivity contribution in [3.63, 3.8) is 0 Å². The van der Waals surface area contributed by atoms with Crippen LogP contribution in [0.25, 0.3) is 0 Å². The Morgan fingerprint density at radius 1 is 1.70 bits per heavy atom. The SMILES string of the molecule is CCCC(=O)O.[O-][S+](Cl)Cl. The van der Waals surface area contributed by atoms with Crippen LogP contribution in [0.3, 0.4) is 0 Å². The Kier molecular flexibility index (Phi) is 12.2. The molecule has 1 N–H and O–H groups in total. The second-order valence-electron chi connectivity index (χ2n) is 1.33. The van der Waals surface area contributed by atoms with Gasteiger partial charge in [-0.15, -0.1) is 0 Å². The van der Waals surface area contributed by atoms with E-state index in [1.165, 1.54) is 0 Å². The van der Waals surface area contributed by atoms with Crippen molar-refractivity contribution in [1.82, 2.24) is 0 Å². The summed E-state index contributed by atoms with van der Waals surface area (Å²) < 4.78 is 9.09. The predicted octanol–water partition coefficient (Wildman–Crippen LogP) is 1.91. The van der Waals surface area contributed by atoms with Crippen LogP contribution in [0.5, 0.6) is 0 Å². The molecule has 0 unspecified atom stereocenters. The molecule has 3 nitrogen and oxygen atoms in total. The number of hydrogen-bond acceptors (Lipinski definition) is 2. The van der Waals surface area contributed by atoms with E-state index in [2.05, 4.69) is 21.4 Å². The van der Waals surface area contributed by atoms with Crippen molar-refractivity contribution < 1.29 is 14.5 Å². The molecule has 0 aromatic heterocycles. The molecule has 0 heterocycles. The van der Waals surface area contributed by atoms with Gasteiger partial charge in [0.1, 0.15) is 0 Å². The standard InChI is InChI=1S/C4H8O2.Cl2OS/c1-2-3-4(5)6;1-4(2)3/h2-3H2,1H3,(H,5,6);. The maximum Gasteiger partial charge on any atom is 0.303 e. The van der Waals surface area contributed by atoms with Gasteiger partial charge in [0.15, 0.2) is 31.0 Å². The Morgan fingerprint density at radius 2 is 2.00 bits per heavy atom. The summed E-state index contributed by atoms with van der Waals surface area (Å²) in [6.07, 6.45) is 1.02. The largest absolute Gasteiger partial charge is 0.582 e. The summed E-state index contributed by atoms with van der Waals surface area (Å²) in [4.78, 5) is 9.60. The van der Waals surface area contributed by atoms with Gasteiger partial charge in [0.2, 0.25) is 0 Å². The molecule has 0 aliphatic heterocycles. The van der Waals surface area contributed by atoms with Gasteiger partial charge in [0.05, 0.1) is 0 Å². The Balaban J connectivity index is 0. The fourth-order valence-electron chi connectivity index (χ4n) is 0.214. The highest BCUT2D eigenvalue weighted by atomic mass is 36.0. The highest BCUT2D eigenvalue weighted by Gasteiger charge is 1.87. The lowest BCUT2D eigenvalue weighted by Crippen LogP contribution is -1.90. The molecule has 6 heteroatoms. The third-order valence-electron chi connectivity index (χ3n) is 0.464. The zero-order valence-corrected chi connectivity index (χ0v) is 7.67. The Labute approximate surface area is 71.5 Å². The maximum absolute atomic E-state index is 9.60. The van der Waals surface area contributed by atoms with Crippen molar-refractivity contribution in [2.24, 2.45) is 0 Å². The van der Waals surface area contributed by atoms with E-state index in [1.807, 2.05) is 6.92 Å². The van der Waals surface area contributed by atoms with Gasteiger partial charge in [0.25, 0.3) is 0 Å². The van der Waals surface area contributed by atoms with Crippen molar-refractivity contribution in [2.75, 3.05) is 0 Å². The number of rotatable bonds is 2. The molecule has 0 aliphatic rings. The van der Waals surface area contributed by atoms with E-state index in [-0.39, 0.29) is 0 Å². The first kappa shape index (κ1) is 13.0. The zero-order chi connectivity index (χ0) is 8.57.